The summed E-state index contributed by atoms with van der Waals surface area (Å²) in [6.07, 6.45) is 8.13. The molecule has 3 heterocycles. The van der Waals surface area contributed by atoms with Gasteiger partial charge in [0.1, 0.15) is 5.69 Å². The van der Waals surface area contributed by atoms with Crippen molar-refractivity contribution in [1.29, 1.82) is 0 Å². The molecule has 4 aliphatic rings. The van der Waals surface area contributed by atoms with E-state index in [0.717, 1.165) is 90.2 Å². The second kappa shape index (κ2) is 11.6. The normalized spacial score (nSPS) is 15.9. The lowest BCUT2D eigenvalue weighted by Gasteiger charge is -2.25. The van der Waals surface area contributed by atoms with Gasteiger partial charge in [-0.1, -0.05) is 23.8 Å². The van der Waals surface area contributed by atoms with E-state index in [4.69, 9.17) is 31.1 Å². The molecule has 8 nitrogen and oxygen atoms in total. The number of morpholine rings is 1. The van der Waals surface area contributed by atoms with Gasteiger partial charge >= 0.3 is 0 Å². The maximum Gasteiger partial charge on any atom is 0.237 e. The molecule has 0 unspecified atom stereocenters. The number of halogens is 1. The van der Waals surface area contributed by atoms with Gasteiger partial charge < -0.3 is 19.4 Å². The molecule has 0 amide bonds. The van der Waals surface area contributed by atoms with Crippen LogP contribution in [0.3, 0.4) is 0 Å². The minimum absolute atomic E-state index is 0.523. The second-order valence-electron chi connectivity index (χ2n) is 9.56. The van der Waals surface area contributed by atoms with E-state index >= 15 is 0 Å². The van der Waals surface area contributed by atoms with Crippen LogP contribution in [-0.2, 0) is 4.74 Å². The third-order valence-electron chi connectivity index (χ3n) is 7.04. The molecule has 1 aromatic carbocycles. The van der Waals surface area contributed by atoms with E-state index in [0.29, 0.717) is 17.4 Å². The molecule has 0 radical (unpaired) electrons. The number of ether oxygens (including phenoxy) is 2. The van der Waals surface area contributed by atoms with Crippen LogP contribution in [0.4, 0.5) is 11.4 Å². The van der Waals surface area contributed by atoms with Crippen molar-refractivity contribution in [1.82, 2.24) is 19.4 Å². The van der Waals surface area contributed by atoms with Crippen molar-refractivity contribution in [2.75, 3.05) is 51.8 Å². The summed E-state index contributed by atoms with van der Waals surface area (Å²) >= 11 is 6.24. The Hall–Kier alpha value is -3.72. The molecule has 0 bridgehead atoms. The van der Waals surface area contributed by atoms with Gasteiger partial charge in [-0.15, -0.1) is 0 Å². The lowest BCUT2D eigenvalue weighted by Crippen LogP contribution is -2.40. The summed E-state index contributed by atoms with van der Waals surface area (Å²) in [6.45, 7) is 4.96. The number of fused-ring (bicyclic) bond motifs is 2. The van der Waals surface area contributed by atoms with Crippen molar-refractivity contribution in [3.05, 3.63) is 75.8 Å². The molecule has 2 aromatic rings. The number of anilines is 2. The van der Waals surface area contributed by atoms with Gasteiger partial charge in [-0.3, -0.25) is 9.89 Å². The fraction of sp³-hybridized carbons (Fsp3) is 0.300. The summed E-state index contributed by atoms with van der Waals surface area (Å²) in [5.41, 5.74) is 4.51. The molecule has 0 spiro atoms. The molecule has 1 N–H and O–H groups in total. The van der Waals surface area contributed by atoms with Crippen LogP contribution in [0.5, 0.6) is 5.88 Å². The van der Waals surface area contributed by atoms with Gasteiger partial charge in [0.25, 0.3) is 0 Å². The summed E-state index contributed by atoms with van der Waals surface area (Å²) in [6, 6.07) is 16.0. The molecule has 2 aliphatic heterocycles. The average molecular weight is 543 g/mol. The Morgan fingerprint density at radius 2 is 1.87 bits per heavy atom. The molecule has 0 atom stereocenters. The summed E-state index contributed by atoms with van der Waals surface area (Å²) in [5.74, 6) is 0.523. The van der Waals surface area contributed by atoms with Crippen LogP contribution in [0.25, 0.3) is 29.2 Å². The zero-order valence-corrected chi connectivity index (χ0v) is 22.7. The minimum atomic E-state index is 0.523. The Morgan fingerprint density at radius 1 is 1.05 bits per heavy atom. The number of hydrogen-bond donors (Lipinski definition) is 1. The van der Waals surface area contributed by atoms with Crippen LogP contribution < -0.4 is 26.1 Å². The number of methoxy groups -OCH3 is 1. The van der Waals surface area contributed by atoms with E-state index in [2.05, 4.69) is 44.1 Å². The SMILES string of the molecule is COc1ncccc1Nc1cc2nc3c(n(-c4ccc(Cl)cc4)c-2cc1=NCCN1CCOCC1)=CCCC=3. The largest absolute Gasteiger partial charge is 0.480 e. The first kappa shape index (κ1) is 25.6. The van der Waals surface area contributed by atoms with Gasteiger partial charge in [-0.2, -0.15) is 0 Å². The van der Waals surface area contributed by atoms with Crippen molar-refractivity contribution in [3.8, 4) is 23.0 Å². The van der Waals surface area contributed by atoms with Gasteiger partial charge in [-0.05, 0) is 61.4 Å². The maximum absolute atomic E-state index is 6.24. The first-order valence-electron chi connectivity index (χ1n) is 13.3. The highest BCUT2D eigenvalue weighted by Crippen LogP contribution is 2.27. The molecule has 39 heavy (non-hydrogen) atoms. The van der Waals surface area contributed by atoms with Crippen LogP contribution in [0.15, 0.2) is 59.7 Å². The highest BCUT2D eigenvalue weighted by molar-refractivity contribution is 6.30. The Kier molecular flexibility index (Phi) is 7.58. The van der Waals surface area contributed by atoms with Gasteiger partial charge in [0.15, 0.2) is 0 Å². The third-order valence-corrected chi connectivity index (χ3v) is 7.29. The molecule has 1 saturated heterocycles. The van der Waals surface area contributed by atoms with Crippen LogP contribution in [0.2, 0.25) is 5.02 Å². The molecule has 2 aliphatic carbocycles. The number of nitrogens with one attached hydrogen (secondary N) is 1. The van der Waals surface area contributed by atoms with Crippen LogP contribution >= 0.6 is 11.6 Å². The lowest BCUT2D eigenvalue weighted by molar-refractivity contribution is 0.0394. The number of benzene rings is 2. The topological polar surface area (TPSA) is 76.8 Å². The summed E-state index contributed by atoms with van der Waals surface area (Å²) in [5, 5.41) is 7.14. The molecular weight excluding hydrogens is 512 g/mol. The van der Waals surface area contributed by atoms with Gasteiger partial charge in [0.05, 0.1) is 60.0 Å². The van der Waals surface area contributed by atoms with Gasteiger partial charge in [0, 0.05) is 36.5 Å². The number of hydrogen-bond acceptors (Lipinski definition) is 7. The van der Waals surface area contributed by atoms with Crippen molar-refractivity contribution in [2.24, 2.45) is 4.99 Å². The second-order valence-corrected chi connectivity index (χ2v) is 10.00. The molecule has 200 valence electrons. The molecular formula is C30H31ClN6O2. The summed E-state index contributed by atoms with van der Waals surface area (Å²) in [7, 11) is 1.62. The molecule has 9 heteroatoms. The smallest absolute Gasteiger partial charge is 0.237 e. The predicted molar refractivity (Wildman–Crippen MR) is 154 cm³/mol. The molecule has 1 aromatic heterocycles. The Balaban J connectivity index is 1.53. The third kappa shape index (κ3) is 5.54. The molecule has 6 rings (SSSR count). The van der Waals surface area contributed by atoms with E-state index in [-0.39, 0.29) is 0 Å². The summed E-state index contributed by atoms with van der Waals surface area (Å²) in [4.78, 5) is 16.9. The van der Waals surface area contributed by atoms with E-state index < -0.39 is 0 Å². The predicted octanol–water partition coefficient (Wildman–Crippen LogP) is 3.37. The van der Waals surface area contributed by atoms with Crippen molar-refractivity contribution < 1.29 is 9.47 Å². The molecule has 1 fully saturated rings. The quantitative estimate of drug-likeness (QED) is 0.386. The standard InChI is InChI=1S/C30H31ClN6O2/c1-38-30-24(6-4-12-33-30)35-26-19-27-29(20-25(26)32-13-14-36-15-17-39-18-16-36)37(22-10-8-21(31)9-11-22)28-7-3-2-5-23(28)34-27/h4-12,19-20,35H,2-3,13-18H2,1H3. The first-order chi connectivity index (χ1) is 19.2. The molecule has 0 saturated carbocycles. The number of aromatic nitrogens is 3. The van der Waals surface area contributed by atoms with E-state index in [1.54, 1.807) is 13.3 Å². The Morgan fingerprint density at radius 3 is 2.69 bits per heavy atom. The van der Waals surface area contributed by atoms with Crippen molar-refractivity contribution in [2.45, 2.75) is 12.8 Å². The zero-order valence-electron chi connectivity index (χ0n) is 21.9. The fourth-order valence-corrected chi connectivity index (χ4v) is 5.21. The highest BCUT2D eigenvalue weighted by Gasteiger charge is 2.17. The van der Waals surface area contributed by atoms with Crippen molar-refractivity contribution in [3.63, 3.8) is 0 Å². The average Bonchev–Trinajstić information content (AvgIpc) is 2.98. The zero-order chi connectivity index (χ0) is 26.6. The van der Waals surface area contributed by atoms with Crippen LogP contribution in [0.1, 0.15) is 12.8 Å². The van der Waals surface area contributed by atoms with E-state index in [1.165, 1.54) is 0 Å². The Labute approximate surface area is 232 Å². The Bertz CT molecular complexity index is 1630. The monoisotopic (exact) mass is 542 g/mol. The first-order valence-corrected chi connectivity index (χ1v) is 13.7. The fourth-order valence-electron chi connectivity index (χ4n) is 5.08. The highest BCUT2D eigenvalue weighted by atomic mass is 35.5. The van der Waals surface area contributed by atoms with Gasteiger partial charge in [0.2, 0.25) is 5.88 Å². The summed E-state index contributed by atoms with van der Waals surface area (Å²) < 4.78 is 13.3. The van der Waals surface area contributed by atoms with Gasteiger partial charge in [-0.25, -0.2) is 9.97 Å². The maximum atomic E-state index is 6.24. The van der Waals surface area contributed by atoms with Crippen LogP contribution in [0, 0.1) is 0 Å². The van der Waals surface area contributed by atoms with E-state index in [1.807, 2.05) is 36.4 Å². The van der Waals surface area contributed by atoms with Crippen LogP contribution in [-0.4, -0.2) is 65.9 Å². The lowest BCUT2D eigenvalue weighted by atomic mass is 10.1. The minimum Gasteiger partial charge on any atom is -0.480 e. The number of nitrogens with zero attached hydrogens (tertiary/aromatic N) is 5. The number of pyridine rings is 1. The number of rotatable bonds is 7. The van der Waals surface area contributed by atoms with E-state index in [9.17, 15) is 0 Å². The van der Waals surface area contributed by atoms with Crippen molar-refractivity contribution >= 4 is 35.1 Å².